The van der Waals surface area contributed by atoms with Crippen LogP contribution in [0.15, 0.2) is 162 Å². The molecule has 0 radical (unpaired) electrons. The summed E-state index contributed by atoms with van der Waals surface area (Å²) in [5.74, 6) is 0. The third-order valence-corrected chi connectivity index (χ3v) is 11.5. The van der Waals surface area contributed by atoms with Crippen LogP contribution in [0.3, 0.4) is 0 Å². The predicted molar refractivity (Wildman–Crippen MR) is 207 cm³/mol. The molecule has 3 nitrogen and oxygen atoms in total. The molecule has 0 aliphatic heterocycles. The van der Waals surface area contributed by atoms with Crippen molar-refractivity contribution in [3.63, 3.8) is 0 Å². The molecule has 0 unspecified atom stereocenters. The number of fused-ring (bicyclic) bond motifs is 11. The number of nitrogens with zero attached hydrogens (tertiary/aromatic N) is 2. The van der Waals surface area contributed by atoms with Gasteiger partial charge in [0.2, 0.25) is 0 Å². The van der Waals surface area contributed by atoms with Crippen LogP contribution in [0.2, 0.25) is 0 Å². The summed E-state index contributed by atoms with van der Waals surface area (Å²) < 4.78 is 8.85. The Bertz CT molecular complexity index is 2780. The van der Waals surface area contributed by atoms with Gasteiger partial charge in [-0.2, -0.15) is 0 Å². The molecule has 0 amide bonds. The van der Waals surface area contributed by atoms with Gasteiger partial charge in [0.1, 0.15) is 11.2 Å². The first-order chi connectivity index (χ1) is 24.8. The van der Waals surface area contributed by atoms with Crippen LogP contribution in [-0.2, 0) is 5.41 Å². The van der Waals surface area contributed by atoms with Crippen molar-refractivity contribution < 1.29 is 4.42 Å². The molecule has 0 bridgehead atoms. The van der Waals surface area contributed by atoms with Crippen molar-refractivity contribution in [1.82, 2.24) is 4.57 Å². The number of anilines is 3. The zero-order chi connectivity index (χ0) is 32.8. The molecule has 1 fully saturated rings. The molecule has 3 heteroatoms. The van der Waals surface area contributed by atoms with Crippen molar-refractivity contribution in [2.45, 2.75) is 31.1 Å². The molecule has 50 heavy (non-hydrogen) atoms. The molecular formula is C47H34N2O. The first-order valence-electron chi connectivity index (χ1n) is 17.8. The maximum Gasteiger partial charge on any atom is 0.137 e. The number of benzene rings is 7. The molecule has 1 saturated carbocycles. The van der Waals surface area contributed by atoms with Gasteiger partial charge in [0.25, 0.3) is 0 Å². The van der Waals surface area contributed by atoms with Crippen molar-refractivity contribution in [2.24, 2.45) is 0 Å². The molecule has 1 spiro atoms. The summed E-state index contributed by atoms with van der Waals surface area (Å²) in [5, 5.41) is 4.74. The topological polar surface area (TPSA) is 21.3 Å². The maximum atomic E-state index is 6.46. The number of rotatable bonds is 4. The summed E-state index contributed by atoms with van der Waals surface area (Å²) in [7, 11) is 0. The zero-order valence-corrected chi connectivity index (χ0v) is 27.6. The lowest BCUT2D eigenvalue weighted by Gasteiger charge is -2.30. The fourth-order valence-electron chi connectivity index (χ4n) is 9.42. The van der Waals surface area contributed by atoms with E-state index < -0.39 is 0 Å². The fraction of sp³-hybridized carbons (Fsp3) is 0.106. The molecule has 7 aromatic carbocycles. The van der Waals surface area contributed by atoms with E-state index in [9.17, 15) is 0 Å². The summed E-state index contributed by atoms with van der Waals surface area (Å²) >= 11 is 0. The van der Waals surface area contributed by atoms with Gasteiger partial charge in [-0.25, -0.2) is 0 Å². The summed E-state index contributed by atoms with van der Waals surface area (Å²) in [4.78, 5) is 2.48. The van der Waals surface area contributed by atoms with Crippen molar-refractivity contribution in [3.8, 4) is 16.8 Å². The zero-order valence-electron chi connectivity index (χ0n) is 27.6. The summed E-state index contributed by atoms with van der Waals surface area (Å²) in [6.45, 7) is 0. The standard InChI is InChI=1S/C47H34N2O/c1-2-13-31(14-3-1)49-41-19-8-5-16-36(41)38-29-32(24-26-42(38)49)48(43-20-12-22-45-46(43)37-17-6-9-21-44(37)50-45)33-23-25-35-34-15-4-7-18-39(34)47(40(35)30-33)27-10-11-28-47/h1-9,12-26,29-30H,10-11,27-28H2. The van der Waals surface area contributed by atoms with Crippen LogP contribution in [0.1, 0.15) is 36.8 Å². The minimum atomic E-state index is 0.0784. The first-order valence-corrected chi connectivity index (χ1v) is 17.8. The Morgan fingerprint density at radius 2 is 1.18 bits per heavy atom. The third-order valence-electron chi connectivity index (χ3n) is 11.5. The van der Waals surface area contributed by atoms with Crippen molar-refractivity contribution in [1.29, 1.82) is 0 Å². The van der Waals surface area contributed by atoms with Gasteiger partial charge in [0, 0.05) is 38.6 Å². The molecule has 9 aromatic rings. The first kappa shape index (κ1) is 27.8. The third kappa shape index (κ3) is 3.80. The van der Waals surface area contributed by atoms with Crippen LogP contribution in [0, 0.1) is 0 Å². The van der Waals surface area contributed by atoms with Gasteiger partial charge in [0.05, 0.1) is 22.1 Å². The molecule has 2 heterocycles. The van der Waals surface area contributed by atoms with E-state index in [-0.39, 0.29) is 5.41 Å². The van der Waals surface area contributed by atoms with E-state index in [1.165, 1.54) is 75.4 Å². The molecule has 11 rings (SSSR count). The van der Waals surface area contributed by atoms with E-state index in [1.807, 2.05) is 0 Å². The van der Waals surface area contributed by atoms with E-state index >= 15 is 0 Å². The van der Waals surface area contributed by atoms with Crippen molar-refractivity contribution >= 4 is 60.8 Å². The summed E-state index contributed by atoms with van der Waals surface area (Å²) in [6, 6.07) is 57.8. The van der Waals surface area contributed by atoms with Crippen LogP contribution >= 0.6 is 0 Å². The number of aromatic nitrogens is 1. The van der Waals surface area contributed by atoms with E-state index in [0.717, 1.165) is 39.0 Å². The van der Waals surface area contributed by atoms with Crippen LogP contribution in [0.25, 0.3) is 60.6 Å². The van der Waals surface area contributed by atoms with E-state index in [4.69, 9.17) is 4.42 Å². The van der Waals surface area contributed by atoms with Crippen LogP contribution in [0.4, 0.5) is 17.1 Å². The monoisotopic (exact) mass is 642 g/mol. The number of hydrogen-bond donors (Lipinski definition) is 0. The Hall–Kier alpha value is -6.06. The van der Waals surface area contributed by atoms with Crippen LogP contribution in [-0.4, -0.2) is 4.57 Å². The van der Waals surface area contributed by atoms with Gasteiger partial charge in [-0.15, -0.1) is 0 Å². The smallest absolute Gasteiger partial charge is 0.137 e. The summed E-state index contributed by atoms with van der Waals surface area (Å²) in [6.07, 6.45) is 4.94. The van der Waals surface area contributed by atoms with Crippen LogP contribution < -0.4 is 4.90 Å². The predicted octanol–water partition coefficient (Wildman–Crippen LogP) is 13.0. The number of hydrogen-bond acceptors (Lipinski definition) is 2. The second kappa shape index (κ2) is 10.5. The Balaban J connectivity index is 1.20. The Kier molecular flexibility index (Phi) is 5.83. The Morgan fingerprint density at radius 3 is 2.08 bits per heavy atom. The average Bonchev–Trinajstić information content (AvgIpc) is 3.95. The molecule has 0 N–H and O–H groups in total. The van der Waals surface area contributed by atoms with Gasteiger partial charge >= 0.3 is 0 Å². The number of para-hydroxylation sites is 3. The molecule has 0 atom stereocenters. The molecular weight excluding hydrogens is 609 g/mol. The van der Waals surface area contributed by atoms with Gasteiger partial charge in [-0.05, 0) is 102 Å². The molecule has 0 saturated heterocycles. The van der Waals surface area contributed by atoms with Gasteiger partial charge in [-0.3, -0.25) is 0 Å². The normalized spacial score (nSPS) is 14.6. The largest absolute Gasteiger partial charge is 0.456 e. The SMILES string of the molecule is c1ccc(-n2c3ccccc3c3cc(N(c4ccc5c(c4)C4(CCCC4)c4ccccc4-5)c4cccc5oc6ccccc6c45)ccc32)cc1. The summed E-state index contributed by atoms with van der Waals surface area (Å²) in [5.41, 5.74) is 14.7. The lowest BCUT2D eigenvalue weighted by Crippen LogP contribution is -2.21. The minimum absolute atomic E-state index is 0.0784. The van der Waals surface area contributed by atoms with Gasteiger partial charge in [-0.1, -0.05) is 104 Å². The Morgan fingerprint density at radius 1 is 0.500 bits per heavy atom. The highest BCUT2D eigenvalue weighted by Crippen LogP contribution is 2.58. The van der Waals surface area contributed by atoms with Gasteiger partial charge in [0.15, 0.2) is 0 Å². The maximum absolute atomic E-state index is 6.46. The highest BCUT2D eigenvalue weighted by molar-refractivity contribution is 6.15. The molecule has 2 aliphatic carbocycles. The molecule has 238 valence electrons. The average molecular weight is 643 g/mol. The molecule has 2 aliphatic rings. The van der Waals surface area contributed by atoms with E-state index in [0.29, 0.717) is 0 Å². The Labute approximate surface area is 290 Å². The quantitative estimate of drug-likeness (QED) is 0.190. The second-order valence-corrected chi connectivity index (χ2v) is 14.0. The molecule has 2 aromatic heterocycles. The fourth-order valence-corrected chi connectivity index (χ4v) is 9.42. The minimum Gasteiger partial charge on any atom is -0.456 e. The van der Waals surface area contributed by atoms with Crippen molar-refractivity contribution in [3.05, 3.63) is 169 Å². The van der Waals surface area contributed by atoms with Crippen molar-refractivity contribution in [2.75, 3.05) is 4.90 Å². The van der Waals surface area contributed by atoms with E-state index in [2.05, 4.69) is 167 Å². The van der Waals surface area contributed by atoms with Gasteiger partial charge < -0.3 is 13.9 Å². The lowest BCUT2D eigenvalue weighted by molar-refractivity contribution is 0.550. The second-order valence-electron chi connectivity index (χ2n) is 14.0. The number of furan rings is 1. The lowest BCUT2D eigenvalue weighted by atomic mass is 9.76. The highest BCUT2D eigenvalue weighted by atomic mass is 16.3. The van der Waals surface area contributed by atoms with E-state index in [1.54, 1.807) is 0 Å². The van der Waals surface area contributed by atoms with Crippen LogP contribution in [0.5, 0.6) is 0 Å². The highest BCUT2D eigenvalue weighted by Gasteiger charge is 2.45.